The van der Waals surface area contributed by atoms with E-state index in [1.54, 1.807) is 12.1 Å². The Kier molecular flexibility index (Phi) is 8.05. The van der Waals surface area contributed by atoms with E-state index in [0.717, 1.165) is 19.3 Å². The summed E-state index contributed by atoms with van der Waals surface area (Å²) in [7, 11) is -3.70. The first-order valence-electron chi connectivity index (χ1n) is 7.88. The van der Waals surface area contributed by atoms with E-state index in [0.29, 0.717) is 12.3 Å². The van der Waals surface area contributed by atoms with Crippen LogP contribution in [-0.4, -0.2) is 33.5 Å². The molecule has 0 aliphatic heterocycles. The van der Waals surface area contributed by atoms with Gasteiger partial charge in [-0.1, -0.05) is 19.8 Å². The summed E-state index contributed by atoms with van der Waals surface area (Å²) in [5, 5.41) is 2.69. The van der Waals surface area contributed by atoms with E-state index in [4.69, 9.17) is 4.74 Å². The predicted octanol–water partition coefficient (Wildman–Crippen LogP) is 2.06. The van der Waals surface area contributed by atoms with Crippen LogP contribution in [0.2, 0.25) is 0 Å². The molecule has 0 saturated heterocycles. The second-order valence-corrected chi connectivity index (χ2v) is 7.29. The van der Waals surface area contributed by atoms with Crippen molar-refractivity contribution in [2.75, 3.05) is 13.1 Å². The fraction of sp³-hybridized carbons (Fsp3) is 0.562. The molecule has 0 spiro atoms. The minimum Gasteiger partial charge on any atom is -0.491 e. The fourth-order valence-corrected chi connectivity index (χ4v) is 2.86. The average molecular weight is 342 g/mol. The minimum absolute atomic E-state index is 0.0204. The third-order valence-corrected chi connectivity index (χ3v) is 4.45. The number of carbonyl (C=O) groups excluding carboxylic acids is 1. The summed E-state index contributed by atoms with van der Waals surface area (Å²) in [6.45, 7) is 6.17. The standard InChI is InChI=1S/C16H26N2O4S/c1-4-5-6-11-17-16(19)12-18-23(20,21)15-9-7-14(8-10-15)22-13(2)3/h7-10,13,18H,4-6,11-12H2,1-3H3,(H,17,19). The zero-order valence-corrected chi connectivity index (χ0v) is 14.8. The topological polar surface area (TPSA) is 84.5 Å². The molecule has 1 rings (SSSR count). The van der Waals surface area contributed by atoms with Crippen LogP contribution in [0.15, 0.2) is 29.2 Å². The average Bonchev–Trinajstić information content (AvgIpc) is 2.50. The molecule has 0 saturated carbocycles. The monoisotopic (exact) mass is 342 g/mol. The zero-order valence-electron chi connectivity index (χ0n) is 14.0. The summed E-state index contributed by atoms with van der Waals surface area (Å²) in [6, 6.07) is 6.11. The molecule has 0 unspecified atom stereocenters. The molecule has 0 atom stereocenters. The Labute approximate surface area is 138 Å². The van der Waals surface area contributed by atoms with Crippen LogP contribution < -0.4 is 14.8 Å². The van der Waals surface area contributed by atoms with Crippen molar-refractivity contribution in [1.29, 1.82) is 0 Å². The van der Waals surface area contributed by atoms with Gasteiger partial charge in [0, 0.05) is 6.54 Å². The number of benzene rings is 1. The Bertz CT molecular complexity index is 583. The molecule has 1 aromatic carbocycles. The number of amides is 1. The van der Waals surface area contributed by atoms with Gasteiger partial charge in [-0.15, -0.1) is 0 Å². The van der Waals surface area contributed by atoms with E-state index in [1.165, 1.54) is 12.1 Å². The smallest absolute Gasteiger partial charge is 0.241 e. The lowest BCUT2D eigenvalue weighted by Gasteiger charge is -2.11. The largest absolute Gasteiger partial charge is 0.491 e. The second kappa shape index (κ2) is 9.52. The van der Waals surface area contributed by atoms with Gasteiger partial charge >= 0.3 is 0 Å². The zero-order chi connectivity index (χ0) is 17.3. The summed E-state index contributed by atoms with van der Waals surface area (Å²) in [5.41, 5.74) is 0. The molecule has 130 valence electrons. The summed E-state index contributed by atoms with van der Waals surface area (Å²) < 4.78 is 32.0. The van der Waals surface area contributed by atoms with Crippen molar-refractivity contribution >= 4 is 15.9 Å². The maximum absolute atomic E-state index is 12.1. The summed E-state index contributed by atoms with van der Waals surface area (Å²) in [4.78, 5) is 11.7. The molecule has 7 heteroatoms. The first-order valence-corrected chi connectivity index (χ1v) is 9.36. The highest BCUT2D eigenvalue weighted by Crippen LogP contribution is 2.16. The van der Waals surface area contributed by atoms with E-state index in [9.17, 15) is 13.2 Å². The van der Waals surface area contributed by atoms with E-state index in [1.807, 2.05) is 13.8 Å². The molecule has 2 N–H and O–H groups in total. The van der Waals surface area contributed by atoms with Crippen molar-refractivity contribution in [3.8, 4) is 5.75 Å². The van der Waals surface area contributed by atoms with E-state index < -0.39 is 10.0 Å². The SMILES string of the molecule is CCCCCNC(=O)CNS(=O)(=O)c1ccc(OC(C)C)cc1. The van der Waals surface area contributed by atoms with Crippen LogP contribution in [0.3, 0.4) is 0 Å². The maximum Gasteiger partial charge on any atom is 0.241 e. The van der Waals surface area contributed by atoms with Crippen molar-refractivity contribution < 1.29 is 17.9 Å². The number of unbranched alkanes of at least 4 members (excludes halogenated alkanes) is 2. The van der Waals surface area contributed by atoms with Crippen LogP contribution >= 0.6 is 0 Å². The van der Waals surface area contributed by atoms with E-state index >= 15 is 0 Å². The second-order valence-electron chi connectivity index (χ2n) is 5.52. The molecule has 0 fully saturated rings. The van der Waals surface area contributed by atoms with E-state index in [-0.39, 0.29) is 23.5 Å². The van der Waals surface area contributed by atoms with Crippen molar-refractivity contribution in [3.63, 3.8) is 0 Å². The predicted molar refractivity (Wildman–Crippen MR) is 89.9 cm³/mol. The minimum atomic E-state index is -3.70. The normalized spacial score (nSPS) is 11.5. The Hall–Kier alpha value is -1.60. The van der Waals surface area contributed by atoms with Crippen molar-refractivity contribution in [1.82, 2.24) is 10.0 Å². The molecule has 6 nitrogen and oxygen atoms in total. The van der Waals surface area contributed by atoms with Crippen molar-refractivity contribution in [2.45, 2.75) is 51.0 Å². The summed E-state index contributed by atoms with van der Waals surface area (Å²) in [6.07, 6.45) is 3.02. The van der Waals surface area contributed by atoms with Gasteiger partial charge in [0.1, 0.15) is 5.75 Å². The number of rotatable bonds is 10. The highest BCUT2D eigenvalue weighted by molar-refractivity contribution is 7.89. The Balaban J connectivity index is 2.50. The van der Waals surface area contributed by atoms with Gasteiger partial charge in [0.25, 0.3) is 0 Å². The third-order valence-electron chi connectivity index (χ3n) is 3.03. The molecule has 0 radical (unpaired) electrons. The molecule has 1 amide bonds. The number of carbonyl (C=O) groups is 1. The molecule has 1 aromatic rings. The molecular weight excluding hydrogens is 316 g/mol. The van der Waals surface area contributed by atoms with Gasteiger partial charge < -0.3 is 10.1 Å². The highest BCUT2D eigenvalue weighted by atomic mass is 32.2. The van der Waals surface area contributed by atoms with Gasteiger partial charge in [0.05, 0.1) is 17.5 Å². The third kappa shape index (κ3) is 7.47. The molecule has 0 aliphatic rings. The molecule has 0 bridgehead atoms. The van der Waals surface area contributed by atoms with Gasteiger partial charge in [-0.2, -0.15) is 0 Å². The number of ether oxygens (including phenoxy) is 1. The highest BCUT2D eigenvalue weighted by Gasteiger charge is 2.15. The summed E-state index contributed by atoms with van der Waals surface area (Å²) in [5.74, 6) is 0.275. The van der Waals surface area contributed by atoms with Crippen molar-refractivity contribution in [2.24, 2.45) is 0 Å². The van der Waals surface area contributed by atoms with Crippen molar-refractivity contribution in [3.05, 3.63) is 24.3 Å². The Morgan fingerprint density at radius 3 is 2.39 bits per heavy atom. The van der Waals surface area contributed by atoms with Gasteiger partial charge in [0.15, 0.2) is 0 Å². The number of nitrogens with one attached hydrogen (secondary N) is 2. The molecular formula is C16H26N2O4S. The molecule has 0 heterocycles. The fourth-order valence-electron chi connectivity index (χ4n) is 1.88. The Morgan fingerprint density at radius 2 is 1.83 bits per heavy atom. The quantitative estimate of drug-likeness (QED) is 0.638. The van der Waals surface area contributed by atoms with E-state index in [2.05, 4.69) is 17.0 Å². The van der Waals surface area contributed by atoms with Crippen LogP contribution in [-0.2, 0) is 14.8 Å². The number of hydrogen-bond donors (Lipinski definition) is 2. The lowest BCUT2D eigenvalue weighted by Crippen LogP contribution is -2.37. The van der Waals surface area contributed by atoms with Crippen LogP contribution in [0.5, 0.6) is 5.75 Å². The lowest BCUT2D eigenvalue weighted by molar-refractivity contribution is -0.119. The maximum atomic E-state index is 12.1. The van der Waals surface area contributed by atoms with Gasteiger partial charge in [-0.05, 0) is 44.5 Å². The summed E-state index contributed by atoms with van der Waals surface area (Å²) >= 11 is 0. The molecule has 0 aromatic heterocycles. The van der Waals surface area contributed by atoms with Gasteiger partial charge in [-0.3, -0.25) is 4.79 Å². The van der Waals surface area contributed by atoms with Crippen LogP contribution in [0.4, 0.5) is 0 Å². The van der Waals surface area contributed by atoms with Crippen LogP contribution in [0, 0.1) is 0 Å². The van der Waals surface area contributed by atoms with Crippen LogP contribution in [0.25, 0.3) is 0 Å². The molecule has 23 heavy (non-hydrogen) atoms. The number of hydrogen-bond acceptors (Lipinski definition) is 4. The van der Waals surface area contributed by atoms with Gasteiger partial charge in [0.2, 0.25) is 15.9 Å². The number of sulfonamides is 1. The van der Waals surface area contributed by atoms with Crippen LogP contribution in [0.1, 0.15) is 40.0 Å². The molecule has 0 aliphatic carbocycles. The van der Waals surface area contributed by atoms with Gasteiger partial charge in [-0.25, -0.2) is 13.1 Å². The Morgan fingerprint density at radius 1 is 1.17 bits per heavy atom. The first kappa shape index (κ1) is 19.4. The first-order chi connectivity index (χ1) is 10.8. The lowest BCUT2D eigenvalue weighted by atomic mass is 10.2.